The summed E-state index contributed by atoms with van der Waals surface area (Å²) in [7, 11) is 1.83. The van der Waals surface area contributed by atoms with Crippen LogP contribution < -0.4 is 5.56 Å². The molecular formula is C21H27N7O2S. The van der Waals surface area contributed by atoms with Gasteiger partial charge in [-0.2, -0.15) is 4.68 Å². The maximum Gasteiger partial charge on any atom is 0.297 e. The molecule has 1 atom stereocenters. The lowest BCUT2D eigenvalue weighted by atomic mass is 10.2. The van der Waals surface area contributed by atoms with E-state index in [0.29, 0.717) is 10.8 Å². The Labute approximate surface area is 185 Å². The molecule has 3 aromatic rings. The zero-order valence-corrected chi connectivity index (χ0v) is 18.9. The van der Waals surface area contributed by atoms with Crippen molar-refractivity contribution in [1.29, 1.82) is 0 Å². The van der Waals surface area contributed by atoms with E-state index in [1.165, 1.54) is 29.3 Å². The number of aromatic nitrogens is 6. The molecule has 0 spiro atoms. The summed E-state index contributed by atoms with van der Waals surface area (Å²) < 4.78 is 4.83. The van der Waals surface area contributed by atoms with E-state index >= 15 is 0 Å². The summed E-state index contributed by atoms with van der Waals surface area (Å²) >= 11 is 1.29. The normalized spacial score (nSPS) is 15.6. The smallest absolute Gasteiger partial charge is 0.297 e. The van der Waals surface area contributed by atoms with Gasteiger partial charge >= 0.3 is 0 Å². The first-order valence-electron chi connectivity index (χ1n) is 10.6. The van der Waals surface area contributed by atoms with Crippen LogP contribution in [0.1, 0.15) is 38.3 Å². The third-order valence-electron chi connectivity index (χ3n) is 5.72. The zero-order valence-electron chi connectivity index (χ0n) is 18.1. The van der Waals surface area contributed by atoms with Gasteiger partial charge in [-0.15, -0.1) is 5.10 Å². The topological polar surface area (TPSA) is 90.8 Å². The lowest BCUT2D eigenvalue weighted by Gasteiger charge is -2.23. The molecule has 164 valence electrons. The molecule has 4 rings (SSSR count). The van der Waals surface area contributed by atoms with Crippen LogP contribution in [0.15, 0.2) is 40.3 Å². The lowest BCUT2D eigenvalue weighted by molar-refractivity contribution is -0.130. The van der Waals surface area contributed by atoms with E-state index in [-0.39, 0.29) is 16.7 Å². The maximum absolute atomic E-state index is 13.3. The van der Waals surface area contributed by atoms with Crippen molar-refractivity contribution in [3.05, 3.63) is 46.4 Å². The molecule has 1 aliphatic heterocycles. The Morgan fingerprint density at radius 1 is 1.10 bits per heavy atom. The SMILES string of the molecule is Cc1c(-n2nnnc2SC(C)C(=O)N2CCCCCC2)c(=O)n(-c2ccccc2)n1C. The van der Waals surface area contributed by atoms with E-state index in [1.54, 1.807) is 9.36 Å². The second-order valence-corrected chi connectivity index (χ2v) is 9.09. The molecule has 0 N–H and O–H groups in total. The second kappa shape index (κ2) is 9.09. The van der Waals surface area contributed by atoms with Gasteiger partial charge in [0.15, 0.2) is 5.69 Å². The number of likely N-dealkylation sites (tertiary alicyclic amines) is 1. The molecule has 1 fully saturated rings. The number of nitrogens with zero attached hydrogens (tertiary/aromatic N) is 7. The minimum Gasteiger partial charge on any atom is -0.342 e. The van der Waals surface area contributed by atoms with Gasteiger partial charge in [0, 0.05) is 20.1 Å². The first-order chi connectivity index (χ1) is 15.0. The van der Waals surface area contributed by atoms with Gasteiger partial charge in [0.25, 0.3) is 5.56 Å². The molecule has 1 aromatic carbocycles. The fourth-order valence-electron chi connectivity index (χ4n) is 3.95. The highest BCUT2D eigenvalue weighted by Crippen LogP contribution is 2.25. The molecule has 0 bridgehead atoms. The fourth-order valence-corrected chi connectivity index (χ4v) is 4.82. The van der Waals surface area contributed by atoms with Crippen LogP contribution in [0.5, 0.6) is 0 Å². The number of thioether (sulfide) groups is 1. The average Bonchev–Trinajstić information content (AvgIpc) is 3.16. The molecular weight excluding hydrogens is 414 g/mol. The van der Waals surface area contributed by atoms with Crippen molar-refractivity contribution < 1.29 is 4.79 Å². The van der Waals surface area contributed by atoms with Crippen LogP contribution in [0, 0.1) is 6.92 Å². The van der Waals surface area contributed by atoms with E-state index in [1.807, 2.05) is 56.1 Å². The number of rotatable bonds is 5. The van der Waals surface area contributed by atoms with Gasteiger partial charge in [-0.1, -0.05) is 42.8 Å². The highest BCUT2D eigenvalue weighted by Gasteiger charge is 2.27. The highest BCUT2D eigenvalue weighted by atomic mass is 32.2. The molecule has 3 heterocycles. The van der Waals surface area contributed by atoms with Crippen molar-refractivity contribution in [3.8, 4) is 11.4 Å². The van der Waals surface area contributed by atoms with Gasteiger partial charge < -0.3 is 4.90 Å². The number of tetrazole rings is 1. The fraction of sp³-hybridized carbons (Fsp3) is 0.476. The summed E-state index contributed by atoms with van der Waals surface area (Å²) in [5.41, 5.74) is 1.66. The molecule has 2 aromatic heterocycles. The Bertz CT molecular complexity index is 1110. The third kappa shape index (κ3) is 4.16. The molecule has 0 aliphatic carbocycles. The first-order valence-corrected chi connectivity index (χ1v) is 11.4. The maximum atomic E-state index is 13.3. The van der Waals surface area contributed by atoms with Crippen LogP contribution in [-0.4, -0.2) is 58.7 Å². The number of hydrogen-bond donors (Lipinski definition) is 0. The molecule has 9 nitrogen and oxygen atoms in total. The van der Waals surface area contributed by atoms with Crippen molar-refractivity contribution in [2.75, 3.05) is 13.1 Å². The minimum atomic E-state index is -0.344. The third-order valence-corrected chi connectivity index (χ3v) is 6.74. The summed E-state index contributed by atoms with van der Waals surface area (Å²) in [4.78, 5) is 28.2. The first kappa shape index (κ1) is 21.4. The van der Waals surface area contributed by atoms with Gasteiger partial charge in [-0.05, 0) is 49.2 Å². The van der Waals surface area contributed by atoms with Crippen LogP contribution in [0.25, 0.3) is 11.4 Å². The molecule has 1 unspecified atom stereocenters. The van der Waals surface area contributed by atoms with E-state index in [0.717, 1.165) is 37.3 Å². The monoisotopic (exact) mass is 441 g/mol. The van der Waals surface area contributed by atoms with Gasteiger partial charge in [0.05, 0.1) is 16.6 Å². The molecule has 1 aliphatic rings. The average molecular weight is 442 g/mol. The molecule has 0 radical (unpaired) electrons. The summed E-state index contributed by atoms with van der Waals surface area (Å²) in [6.45, 7) is 5.33. The van der Waals surface area contributed by atoms with E-state index in [9.17, 15) is 9.59 Å². The van der Waals surface area contributed by atoms with Gasteiger partial charge in [0.2, 0.25) is 11.1 Å². The predicted octanol–water partition coefficient (Wildman–Crippen LogP) is 2.34. The Kier molecular flexibility index (Phi) is 6.26. The molecule has 0 saturated carbocycles. The molecule has 31 heavy (non-hydrogen) atoms. The number of para-hydroxylation sites is 1. The number of carbonyl (C=O) groups excluding carboxylic acids is 1. The number of benzene rings is 1. The minimum absolute atomic E-state index is 0.0907. The highest BCUT2D eigenvalue weighted by molar-refractivity contribution is 8.00. The van der Waals surface area contributed by atoms with Crippen molar-refractivity contribution in [1.82, 2.24) is 34.5 Å². The van der Waals surface area contributed by atoms with E-state index in [4.69, 9.17) is 0 Å². The van der Waals surface area contributed by atoms with E-state index in [2.05, 4.69) is 15.5 Å². The van der Waals surface area contributed by atoms with Crippen LogP contribution in [0.4, 0.5) is 0 Å². The zero-order chi connectivity index (χ0) is 22.0. The number of carbonyl (C=O) groups is 1. The Morgan fingerprint density at radius 2 is 1.77 bits per heavy atom. The van der Waals surface area contributed by atoms with Crippen molar-refractivity contribution >= 4 is 17.7 Å². The molecule has 10 heteroatoms. The Hall–Kier alpha value is -2.88. The van der Waals surface area contributed by atoms with Gasteiger partial charge in [0.1, 0.15) is 0 Å². The van der Waals surface area contributed by atoms with E-state index < -0.39 is 0 Å². The quantitative estimate of drug-likeness (QED) is 0.565. The second-order valence-electron chi connectivity index (χ2n) is 7.78. The largest absolute Gasteiger partial charge is 0.342 e. The van der Waals surface area contributed by atoms with Gasteiger partial charge in [-0.25, -0.2) is 4.68 Å². The van der Waals surface area contributed by atoms with Crippen LogP contribution >= 0.6 is 11.8 Å². The Balaban J connectivity index is 1.63. The number of hydrogen-bond acceptors (Lipinski definition) is 6. The van der Waals surface area contributed by atoms with Crippen LogP contribution in [-0.2, 0) is 11.8 Å². The van der Waals surface area contributed by atoms with Gasteiger partial charge in [-0.3, -0.25) is 14.3 Å². The lowest BCUT2D eigenvalue weighted by Crippen LogP contribution is -2.37. The molecule has 1 saturated heterocycles. The number of amides is 1. The summed E-state index contributed by atoms with van der Waals surface area (Å²) in [6, 6.07) is 9.43. The van der Waals surface area contributed by atoms with Crippen LogP contribution in [0.2, 0.25) is 0 Å². The summed E-state index contributed by atoms with van der Waals surface area (Å²) in [5, 5.41) is 12.1. The summed E-state index contributed by atoms with van der Waals surface area (Å²) in [6.07, 6.45) is 4.43. The van der Waals surface area contributed by atoms with Crippen molar-refractivity contribution in [2.45, 2.75) is 49.9 Å². The predicted molar refractivity (Wildman–Crippen MR) is 119 cm³/mol. The van der Waals surface area contributed by atoms with Crippen molar-refractivity contribution in [2.24, 2.45) is 7.05 Å². The van der Waals surface area contributed by atoms with Crippen molar-refractivity contribution in [3.63, 3.8) is 0 Å². The Morgan fingerprint density at radius 3 is 2.45 bits per heavy atom. The standard InChI is InChI=1S/C21H27N7O2S/c1-15-18(20(30)28(25(15)3)17-11-7-6-8-12-17)27-21(22-23-24-27)31-16(2)19(29)26-13-9-4-5-10-14-26/h6-8,11-12,16H,4-5,9-10,13-14H2,1-3H3. The van der Waals surface area contributed by atoms with Crippen LogP contribution in [0.3, 0.4) is 0 Å². The molecule has 1 amide bonds. The summed E-state index contributed by atoms with van der Waals surface area (Å²) in [5.74, 6) is 0.0907.